The molecule has 0 aromatic heterocycles. The Morgan fingerprint density at radius 1 is 1.42 bits per heavy atom. The van der Waals surface area contributed by atoms with Crippen molar-refractivity contribution >= 4 is 18.0 Å². The average Bonchev–Trinajstić information content (AvgIpc) is 3.12. The predicted molar refractivity (Wildman–Crippen MR) is 72.8 cm³/mol. The second-order valence-electron chi connectivity index (χ2n) is 5.29. The predicted octanol–water partition coefficient (Wildman–Crippen LogP) is 2.31. The Kier molecular flexibility index (Phi) is 3.69. The van der Waals surface area contributed by atoms with Gasteiger partial charge in [-0.1, -0.05) is 19.1 Å². The topological polar surface area (TPSA) is 66.4 Å². The monoisotopic (exact) mass is 259 g/mol. The van der Waals surface area contributed by atoms with Crippen LogP contribution in [0.2, 0.25) is 0 Å². The summed E-state index contributed by atoms with van der Waals surface area (Å²) in [5.74, 6) is -1.12. The summed E-state index contributed by atoms with van der Waals surface area (Å²) in [7, 11) is 0. The van der Waals surface area contributed by atoms with Crippen LogP contribution in [-0.4, -0.2) is 23.5 Å². The SMILES string of the molecule is CC1(CNC(=O)c2cccc(/C=C/C(=O)O)c2)CC1. The first-order chi connectivity index (χ1) is 8.98. The molecule has 2 rings (SSSR count). The minimum absolute atomic E-state index is 0.112. The summed E-state index contributed by atoms with van der Waals surface area (Å²) in [5.41, 5.74) is 1.53. The molecule has 0 spiro atoms. The molecule has 2 N–H and O–H groups in total. The molecular formula is C15H17NO3. The number of rotatable bonds is 5. The molecule has 0 radical (unpaired) electrons. The summed E-state index contributed by atoms with van der Waals surface area (Å²) >= 11 is 0. The minimum Gasteiger partial charge on any atom is -0.478 e. The van der Waals surface area contributed by atoms with E-state index in [1.165, 1.54) is 6.08 Å². The van der Waals surface area contributed by atoms with E-state index in [0.717, 1.165) is 18.9 Å². The maximum Gasteiger partial charge on any atom is 0.328 e. The van der Waals surface area contributed by atoms with Crippen molar-refractivity contribution in [1.82, 2.24) is 5.32 Å². The Balaban J connectivity index is 2.01. The highest BCUT2D eigenvalue weighted by Gasteiger charge is 2.37. The van der Waals surface area contributed by atoms with Crippen molar-refractivity contribution in [3.8, 4) is 0 Å². The first-order valence-corrected chi connectivity index (χ1v) is 6.28. The van der Waals surface area contributed by atoms with Crippen LogP contribution in [0.15, 0.2) is 30.3 Å². The van der Waals surface area contributed by atoms with Crippen LogP contribution >= 0.6 is 0 Å². The quantitative estimate of drug-likeness (QED) is 0.797. The van der Waals surface area contributed by atoms with Crippen LogP contribution < -0.4 is 5.32 Å². The van der Waals surface area contributed by atoms with E-state index in [4.69, 9.17) is 5.11 Å². The van der Waals surface area contributed by atoms with Gasteiger partial charge in [0, 0.05) is 18.2 Å². The van der Waals surface area contributed by atoms with Crippen molar-refractivity contribution in [2.45, 2.75) is 19.8 Å². The lowest BCUT2D eigenvalue weighted by Gasteiger charge is -2.10. The highest BCUT2D eigenvalue weighted by Crippen LogP contribution is 2.44. The lowest BCUT2D eigenvalue weighted by molar-refractivity contribution is -0.131. The molecule has 1 fully saturated rings. The number of carboxylic acid groups (broad SMARTS) is 1. The number of carboxylic acids is 1. The van der Waals surface area contributed by atoms with E-state index in [9.17, 15) is 9.59 Å². The minimum atomic E-state index is -1.00. The van der Waals surface area contributed by atoms with Crippen molar-refractivity contribution in [2.75, 3.05) is 6.54 Å². The van der Waals surface area contributed by atoms with Crippen LogP contribution in [0.4, 0.5) is 0 Å². The summed E-state index contributed by atoms with van der Waals surface area (Å²) in [4.78, 5) is 22.4. The van der Waals surface area contributed by atoms with E-state index in [2.05, 4.69) is 12.2 Å². The third-order valence-electron chi connectivity index (χ3n) is 3.35. The smallest absolute Gasteiger partial charge is 0.328 e. The molecule has 1 aromatic carbocycles. The van der Waals surface area contributed by atoms with Gasteiger partial charge in [-0.05, 0) is 42.0 Å². The third-order valence-corrected chi connectivity index (χ3v) is 3.35. The van der Waals surface area contributed by atoms with Crippen LogP contribution in [0.3, 0.4) is 0 Å². The molecule has 4 nitrogen and oxygen atoms in total. The second kappa shape index (κ2) is 5.26. The van der Waals surface area contributed by atoms with Crippen molar-refractivity contribution in [2.24, 2.45) is 5.41 Å². The Labute approximate surface area is 112 Å². The second-order valence-corrected chi connectivity index (χ2v) is 5.29. The van der Waals surface area contributed by atoms with Gasteiger partial charge in [-0.25, -0.2) is 4.79 Å². The van der Waals surface area contributed by atoms with Gasteiger partial charge in [0.15, 0.2) is 0 Å². The Morgan fingerprint density at radius 3 is 2.79 bits per heavy atom. The number of nitrogens with one attached hydrogen (secondary N) is 1. The van der Waals surface area contributed by atoms with Crippen molar-refractivity contribution in [3.05, 3.63) is 41.5 Å². The summed E-state index contributed by atoms with van der Waals surface area (Å²) in [5, 5.41) is 11.5. The molecule has 1 aliphatic rings. The highest BCUT2D eigenvalue weighted by atomic mass is 16.4. The maximum absolute atomic E-state index is 12.0. The van der Waals surface area contributed by atoms with Gasteiger partial charge < -0.3 is 10.4 Å². The van der Waals surface area contributed by atoms with E-state index in [1.54, 1.807) is 24.3 Å². The fourth-order valence-electron chi connectivity index (χ4n) is 1.74. The van der Waals surface area contributed by atoms with Crippen LogP contribution in [0.5, 0.6) is 0 Å². The van der Waals surface area contributed by atoms with Gasteiger partial charge >= 0.3 is 5.97 Å². The van der Waals surface area contributed by atoms with Crippen LogP contribution in [0, 0.1) is 5.41 Å². The highest BCUT2D eigenvalue weighted by molar-refractivity contribution is 5.95. The van der Waals surface area contributed by atoms with E-state index in [1.807, 2.05) is 0 Å². The Morgan fingerprint density at radius 2 is 2.16 bits per heavy atom. The van der Waals surface area contributed by atoms with Crippen molar-refractivity contribution in [3.63, 3.8) is 0 Å². The number of aliphatic carboxylic acids is 1. The molecule has 0 atom stereocenters. The molecule has 0 unspecified atom stereocenters. The van der Waals surface area contributed by atoms with Gasteiger partial charge in [-0.15, -0.1) is 0 Å². The van der Waals surface area contributed by atoms with Crippen LogP contribution in [-0.2, 0) is 4.79 Å². The zero-order chi connectivity index (χ0) is 13.9. The zero-order valence-corrected chi connectivity index (χ0v) is 10.8. The number of benzene rings is 1. The van der Waals surface area contributed by atoms with E-state index in [0.29, 0.717) is 17.7 Å². The largest absolute Gasteiger partial charge is 0.478 e. The molecule has 1 aliphatic carbocycles. The number of hydrogen-bond donors (Lipinski definition) is 2. The number of carbonyl (C=O) groups is 2. The summed E-state index contributed by atoms with van der Waals surface area (Å²) in [6, 6.07) is 6.92. The number of carbonyl (C=O) groups excluding carboxylic acids is 1. The lowest BCUT2D eigenvalue weighted by atomic mass is 10.1. The maximum atomic E-state index is 12.0. The molecule has 0 saturated heterocycles. The van der Waals surface area contributed by atoms with E-state index < -0.39 is 5.97 Å². The molecule has 1 aromatic rings. The summed E-state index contributed by atoms with van der Waals surface area (Å²) < 4.78 is 0. The normalized spacial score (nSPS) is 16.3. The van der Waals surface area contributed by atoms with Gasteiger partial charge in [0.25, 0.3) is 5.91 Å². The van der Waals surface area contributed by atoms with Gasteiger partial charge in [0.2, 0.25) is 0 Å². The molecular weight excluding hydrogens is 242 g/mol. The average molecular weight is 259 g/mol. The fourth-order valence-corrected chi connectivity index (χ4v) is 1.74. The molecule has 0 aliphatic heterocycles. The van der Waals surface area contributed by atoms with Crippen molar-refractivity contribution < 1.29 is 14.7 Å². The molecule has 100 valence electrons. The first-order valence-electron chi connectivity index (χ1n) is 6.28. The van der Waals surface area contributed by atoms with Gasteiger partial charge in [-0.2, -0.15) is 0 Å². The molecule has 0 heterocycles. The van der Waals surface area contributed by atoms with Crippen LogP contribution in [0.1, 0.15) is 35.7 Å². The fraction of sp³-hybridized carbons (Fsp3) is 0.333. The third kappa shape index (κ3) is 3.95. The molecule has 1 amide bonds. The molecule has 1 saturated carbocycles. The van der Waals surface area contributed by atoms with Crippen molar-refractivity contribution in [1.29, 1.82) is 0 Å². The van der Waals surface area contributed by atoms with Gasteiger partial charge in [0.1, 0.15) is 0 Å². The summed E-state index contributed by atoms with van der Waals surface area (Å²) in [6.45, 7) is 2.85. The molecule has 19 heavy (non-hydrogen) atoms. The molecule has 0 bridgehead atoms. The van der Waals surface area contributed by atoms with Crippen LogP contribution in [0.25, 0.3) is 6.08 Å². The van der Waals surface area contributed by atoms with Gasteiger partial charge in [0.05, 0.1) is 0 Å². The summed E-state index contributed by atoms with van der Waals surface area (Å²) in [6.07, 6.45) is 4.85. The van der Waals surface area contributed by atoms with E-state index in [-0.39, 0.29) is 11.3 Å². The molecule has 4 heteroatoms. The van der Waals surface area contributed by atoms with Gasteiger partial charge in [-0.3, -0.25) is 4.79 Å². The standard InChI is InChI=1S/C15H17NO3/c1-15(7-8-15)10-16-14(19)12-4-2-3-11(9-12)5-6-13(17)18/h2-6,9H,7-8,10H2,1H3,(H,16,19)(H,17,18)/b6-5+. The Bertz CT molecular complexity index is 530. The number of hydrogen-bond acceptors (Lipinski definition) is 2. The first kappa shape index (κ1) is 13.3. The Hall–Kier alpha value is -2.10. The number of amides is 1. The van der Waals surface area contributed by atoms with E-state index >= 15 is 0 Å². The zero-order valence-electron chi connectivity index (χ0n) is 10.8. The lowest BCUT2D eigenvalue weighted by Crippen LogP contribution is -2.28.